The number of thiocarbonyl (C=S) groups is 1. The molecular formula is C27H27ClN4O3S. The SMILES string of the molecule is Cc1ccccc1C(=O)N1CCN(c2ccc(NC(=S)NC(=O)COc3ccccc3)cc2Cl)CC1. The van der Waals surface area contributed by atoms with Gasteiger partial charge >= 0.3 is 0 Å². The average Bonchev–Trinajstić information content (AvgIpc) is 2.88. The molecule has 3 aromatic carbocycles. The summed E-state index contributed by atoms with van der Waals surface area (Å²) in [5.41, 5.74) is 3.27. The Bertz CT molecular complexity index is 1250. The molecule has 0 aliphatic carbocycles. The number of hydrogen-bond acceptors (Lipinski definition) is 5. The summed E-state index contributed by atoms with van der Waals surface area (Å²) in [5.74, 6) is 0.301. The summed E-state index contributed by atoms with van der Waals surface area (Å²) in [6.07, 6.45) is 0. The fraction of sp³-hybridized carbons (Fsp3) is 0.222. The summed E-state index contributed by atoms with van der Waals surface area (Å²) < 4.78 is 5.42. The van der Waals surface area contributed by atoms with Gasteiger partial charge in [-0.05, 0) is 61.1 Å². The second kappa shape index (κ2) is 11.9. The summed E-state index contributed by atoms with van der Waals surface area (Å²) in [7, 11) is 0. The molecule has 1 saturated heterocycles. The van der Waals surface area contributed by atoms with Crippen molar-refractivity contribution < 1.29 is 14.3 Å². The molecule has 1 aliphatic rings. The van der Waals surface area contributed by atoms with E-state index in [9.17, 15) is 9.59 Å². The second-order valence-electron chi connectivity index (χ2n) is 8.36. The van der Waals surface area contributed by atoms with E-state index in [2.05, 4.69) is 15.5 Å². The Labute approximate surface area is 221 Å². The van der Waals surface area contributed by atoms with Gasteiger partial charge in [0.1, 0.15) is 5.75 Å². The quantitative estimate of drug-likeness (QED) is 0.464. The molecule has 186 valence electrons. The number of anilines is 2. The van der Waals surface area contributed by atoms with E-state index >= 15 is 0 Å². The number of hydrogen-bond donors (Lipinski definition) is 2. The maximum Gasteiger partial charge on any atom is 0.264 e. The first-order valence-corrected chi connectivity index (χ1v) is 12.4. The molecule has 0 unspecified atom stereocenters. The number of aryl methyl sites for hydroxylation is 1. The zero-order valence-electron chi connectivity index (χ0n) is 19.9. The van der Waals surface area contributed by atoms with E-state index in [4.69, 9.17) is 28.6 Å². The van der Waals surface area contributed by atoms with Gasteiger partial charge in [0, 0.05) is 37.4 Å². The van der Waals surface area contributed by atoms with E-state index in [1.807, 2.05) is 66.4 Å². The molecule has 1 heterocycles. The highest BCUT2D eigenvalue weighted by atomic mass is 35.5. The molecule has 0 atom stereocenters. The fourth-order valence-corrected chi connectivity index (χ4v) is 4.50. The topological polar surface area (TPSA) is 73.9 Å². The van der Waals surface area contributed by atoms with Crippen LogP contribution in [0.1, 0.15) is 15.9 Å². The largest absolute Gasteiger partial charge is 0.484 e. The van der Waals surface area contributed by atoms with Crippen LogP contribution >= 0.6 is 23.8 Å². The molecule has 3 aromatic rings. The van der Waals surface area contributed by atoms with Crippen molar-refractivity contribution in [3.8, 4) is 5.75 Å². The van der Waals surface area contributed by atoms with Crippen LogP contribution in [0.2, 0.25) is 5.02 Å². The Morgan fingerprint density at radius 3 is 2.36 bits per heavy atom. The van der Waals surface area contributed by atoms with Gasteiger partial charge < -0.3 is 19.9 Å². The van der Waals surface area contributed by atoms with Crippen LogP contribution in [0.5, 0.6) is 5.75 Å². The highest BCUT2D eigenvalue weighted by Gasteiger charge is 2.24. The summed E-state index contributed by atoms with van der Waals surface area (Å²) in [6.45, 7) is 4.40. The number of nitrogens with zero attached hydrogens (tertiary/aromatic N) is 2. The number of rotatable bonds is 6. The number of halogens is 1. The first kappa shape index (κ1) is 25.5. The number of ether oxygens (including phenoxy) is 1. The predicted octanol–water partition coefficient (Wildman–Crippen LogP) is 4.50. The van der Waals surface area contributed by atoms with Gasteiger partial charge in [-0.2, -0.15) is 0 Å². The van der Waals surface area contributed by atoms with Gasteiger partial charge in [-0.25, -0.2) is 0 Å². The van der Waals surface area contributed by atoms with Crippen molar-refractivity contribution in [3.63, 3.8) is 0 Å². The third kappa shape index (κ3) is 6.53. The number of carbonyl (C=O) groups is 2. The van der Waals surface area contributed by atoms with Crippen molar-refractivity contribution in [2.75, 3.05) is 43.0 Å². The number of nitrogens with one attached hydrogen (secondary N) is 2. The lowest BCUT2D eigenvalue weighted by Crippen LogP contribution is -2.49. The summed E-state index contributed by atoms with van der Waals surface area (Å²) in [4.78, 5) is 29.0. The molecule has 0 saturated carbocycles. The van der Waals surface area contributed by atoms with Crippen LogP contribution < -0.4 is 20.3 Å². The summed E-state index contributed by atoms with van der Waals surface area (Å²) in [6, 6.07) is 22.3. The van der Waals surface area contributed by atoms with E-state index in [1.54, 1.807) is 18.2 Å². The molecule has 4 rings (SSSR count). The molecule has 36 heavy (non-hydrogen) atoms. The van der Waals surface area contributed by atoms with Crippen LogP contribution in [-0.4, -0.2) is 54.6 Å². The molecule has 1 fully saturated rings. The molecular weight excluding hydrogens is 496 g/mol. The predicted molar refractivity (Wildman–Crippen MR) is 147 cm³/mol. The highest BCUT2D eigenvalue weighted by Crippen LogP contribution is 2.30. The molecule has 9 heteroatoms. The minimum Gasteiger partial charge on any atom is -0.484 e. The molecule has 1 aliphatic heterocycles. The van der Waals surface area contributed by atoms with Gasteiger partial charge in [0.2, 0.25) is 0 Å². The zero-order chi connectivity index (χ0) is 25.5. The molecule has 0 spiro atoms. The van der Waals surface area contributed by atoms with Crippen LogP contribution in [0, 0.1) is 6.92 Å². The molecule has 2 amide bonds. The zero-order valence-corrected chi connectivity index (χ0v) is 21.4. The Balaban J connectivity index is 1.27. The monoisotopic (exact) mass is 522 g/mol. The maximum absolute atomic E-state index is 12.9. The lowest BCUT2D eigenvalue weighted by molar-refractivity contribution is -0.121. The lowest BCUT2D eigenvalue weighted by atomic mass is 10.1. The minimum atomic E-state index is -0.364. The van der Waals surface area contributed by atoms with Crippen LogP contribution in [0.25, 0.3) is 0 Å². The minimum absolute atomic E-state index is 0.0584. The van der Waals surface area contributed by atoms with E-state index in [0.717, 1.165) is 16.8 Å². The van der Waals surface area contributed by atoms with Gasteiger partial charge in [0.25, 0.3) is 11.8 Å². The number of amides is 2. The normalized spacial score (nSPS) is 13.2. The first-order chi connectivity index (χ1) is 17.4. The maximum atomic E-state index is 12.9. The molecule has 0 aromatic heterocycles. The Hall–Kier alpha value is -3.62. The van der Waals surface area contributed by atoms with Crippen molar-refractivity contribution in [3.05, 3.63) is 88.9 Å². The van der Waals surface area contributed by atoms with Crippen molar-refractivity contribution >= 4 is 52.1 Å². The number of para-hydroxylation sites is 1. The Kier molecular flexibility index (Phi) is 8.40. The van der Waals surface area contributed by atoms with Crippen molar-refractivity contribution in [2.45, 2.75) is 6.92 Å². The Morgan fingerprint density at radius 2 is 1.67 bits per heavy atom. The molecule has 0 radical (unpaired) electrons. The van der Waals surface area contributed by atoms with Gasteiger partial charge in [-0.1, -0.05) is 48.0 Å². The van der Waals surface area contributed by atoms with Crippen molar-refractivity contribution in [1.82, 2.24) is 10.2 Å². The average molecular weight is 523 g/mol. The Morgan fingerprint density at radius 1 is 0.972 bits per heavy atom. The third-order valence-corrected chi connectivity index (χ3v) is 6.36. The second-order valence-corrected chi connectivity index (χ2v) is 9.18. The van der Waals surface area contributed by atoms with Crippen molar-refractivity contribution in [2.24, 2.45) is 0 Å². The smallest absolute Gasteiger partial charge is 0.264 e. The standard InChI is InChI=1S/C27H27ClN4O3S/c1-19-7-5-6-10-22(19)26(34)32-15-13-31(14-16-32)24-12-11-20(17-23(24)28)29-27(36)30-25(33)18-35-21-8-3-2-4-9-21/h2-12,17H,13-16,18H2,1H3,(H2,29,30,33,36). The van der Waals surface area contributed by atoms with Crippen LogP contribution in [-0.2, 0) is 4.79 Å². The van der Waals surface area contributed by atoms with Gasteiger partial charge in [0.05, 0.1) is 10.7 Å². The number of carbonyl (C=O) groups excluding carboxylic acids is 2. The van der Waals surface area contributed by atoms with E-state index in [0.29, 0.717) is 42.6 Å². The van der Waals surface area contributed by atoms with Crippen LogP contribution in [0.3, 0.4) is 0 Å². The number of benzene rings is 3. The summed E-state index contributed by atoms with van der Waals surface area (Å²) in [5, 5.41) is 6.28. The molecule has 0 bridgehead atoms. The van der Waals surface area contributed by atoms with Gasteiger partial charge in [-0.3, -0.25) is 14.9 Å². The van der Waals surface area contributed by atoms with E-state index < -0.39 is 0 Å². The third-order valence-electron chi connectivity index (χ3n) is 5.85. The van der Waals surface area contributed by atoms with Gasteiger partial charge in [-0.15, -0.1) is 0 Å². The van der Waals surface area contributed by atoms with E-state index in [1.165, 1.54) is 0 Å². The molecule has 2 N–H and O–H groups in total. The fourth-order valence-electron chi connectivity index (χ4n) is 3.97. The highest BCUT2D eigenvalue weighted by molar-refractivity contribution is 7.80. The molecule has 7 nitrogen and oxygen atoms in total. The van der Waals surface area contributed by atoms with E-state index in [-0.39, 0.29) is 23.5 Å². The number of piperazine rings is 1. The summed E-state index contributed by atoms with van der Waals surface area (Å²) >= 11 is 11.8. The van der Waals surface area contributed by atoms with Crippen LogP contribution in [0.15, 0.2) is 72.8 Å². The van der Waals surface area contributed by atoms with Gasteiger partial charge in [0.15, 0.2) is 11.7 Å². The van der Waals surface area contributed by atoms with Crippen LogP contribution in [0.4, 0.5) is 11.4 Å². The lowest BCUT2D eigenvalue weighted by Gasteiger charge is -2.36. The van der Waals surface area contributed by atoms with Crippen molar-refractivity contribution in [1.29, 1.82) is 0 Å². The first-order valence-electron chi connectivity index (χ1n) is 11.6.